The van der Waals surface area contributed by atoms with E-state index in [0.717, 1.165) is 6.20 Å². The Labute approximate surface area is 198 Å². The van der Waals surface area contributed by atoms with Gasteiger partial charge in [-0.1, -0.05) is 23.2 Å². The fourth-order valence-electron chi connectivity index (χ4n) is 3.87. The normalized spacial score (nSPS) is 20.1. The van der Waals surface area contributed by atoms with Crippen LogP contribution in [0.3, 0.4) is 0 Å². The van der Waals surface area contributed by atoms with E-state index in [1.165, 1.54) is 12.3 Å². The molecule has 2 bridgehead atoms. The highest BCUT2D eigenvalue weighted by Crippen LogP contribution is 2.38. The molecule has 2 aliphatic rings. The molecule has 4 heterocycles. The predicted octanol–water partition coefficient (Wildman–Crippen LogP) is 4.69. The minimum atomic E-state index is -1.23. The van der Waals surface area contributed by atoms with Crippen molar-refractivity contribution >= 4 is 40.1 Å². The average Bonchev–Trinajstić information content (AvgIpc) is 3.16. The molecule has 0 unspecified atom stereocenters. The van der Waals surface area contributed by atoms with Gasteiger partial charge in [0.1, 0.15) is 18.4 Å². The molecule has 2 aliphatic heterocycles. The third-order valence-electron chi connectivity index (χ3n) is 5.55. The number of fused-ring (bicyclic) bond motifs is 3. The Morgan fingerprint density at radius 1 is 1.21 bits per heavy atom. The van der Waals surface area contributed by atoms with Gasteiger partial charge in [-0.25, -0.2) is 14.4 Å². The average molecular weight is 493 g/mol. The Balaban J connectivity index is 1.56. The lowest BCUT2D eigenvalue weighted by molar-refractivity contribution is 0.0785. The number of nitrogens with zero attached hydrogens (tertiary/aromatic N) is 3. The maximum Gasteiger partial charge on any atom is 0.321 e. The van der Waals surface area contributed by atoms with Crippen molar-refractivity contribution in [1.29, 1.82) is 0 Å². The van der Waals surface area contributed by atoms with Crippen molar-refractivity contribution in [2.45, 2.75) is 38.0 Å². The Morgan fingerprint density at radius 2 is 2.00 bits per heavy atom. The number of aliphatic hydroxyl groups is 2. The molecule has 172 valence electrons. The van der Waals surface area contributed by atoms with E-state index < -0.39 is 17.5 Å². The Hall–Kier alpha value is -2.88. The molecule has 0 spiro atoms. The molecule has 2 atom stereocenters. The summed E-state index contributed by atoms with van der Waals surface area (Å²) in [5.74, 6) is -0.576. The van der Waals surface area contributed by atoms with Crippen LogP contribution in [-0.4, -0.2) is 43.9 Å². The highest BCUT2D eigenvalue weighted by molar-refractivity contribution is 6.40. The van der Waals surface area contributed by atoms with Gasteiger partial charge >= 0.3 is 5.95 Å². The van der Waals surface area contributed by atoms with Crippen molar-refractivity contribution in [3.8, 4) is 11.3 Å². The number of nitrogens with one attached hydrogen (secondary N) is 1. The van der Waals surface area contributed by atoms with Gasteiger partial charge in [-0.05, 0) is 26.0 Å². The van der Waals surface area contributed by atoms with Gasteiger partial charge < -0.3 is 25.0 Å². The molecule has 33 heavy (non-hydrogen) atoms. The lowest BCUT2D eigenvalue weighted by atomic mass is 9.97. The van der Waals surface area contributed by atoms with Crippen molar-refractivity contribution in [3.63, 3.8) is 0 Å². The number of rotatable bonds is 4. The number of halogens is 3. The van der Waals surface area contributed by atoms with Crippen LogP contribution < -0.4 is 5.32 Å². The van der Waals surface area contributed by atoms with Gasteiger partial charge in [-0.15, -0.1) is 0 Å². The summed E-state index contributed by atoms with van der Waals surface area (Å²) < 4.78 is 25.5. The maximum atomic E-state index is 14.8. The first-order valence-electron chi connectivity index (χ1n) is 10.1. The summed E-state index contributed by atoms with van der Waals surface area (Å²) in [6.45, 7) is 3.53. The lowest BCUT2D eigenvalue weighted by Crippen LogP contribution is -2.32. The SMILES string of the molecule is CC(C)(O)c1cnc2c(Cl)cc(-c3nc(N[C@@H]4C[C@H]5COC(=C4O)O5)ncc3F)cc2c1Cl. The molecule has 11 heteroatoms. The second-order valence-corrected chi connectivity index (χ2v) is 9.23. The summed E-state index contributed by atoms with van der Waals surface area (Å²) in [6.07, 6.45) is 2.75. The highest BCUT2D eigenvalue weighted by Gasteiger charge is 2.38. The fraction of sp³-hybridized carbons (Fsp3) is 0.318. The number of benzene rings is 1. The number of aromatic nitrogens is 3. The molecule has 0 aliphatic carbocycles. The summed E-state index contributed by atoms with van der Waals surface area (Å²) in [5.41, 5.74) is -0.0679. The molecule has 5 rings (SSSR count). The third kappa shape index (κ3) is 3.90. The topological polar surface area (TPSA) is 110 Å². The van der Waals surface area contributed by atoms with Crippen molar-refractivity contribution in [1.82, 2.24) is 15.0 Å². The number of aliphatic hydroxyl groups excluding tert-OH is 1. The van der Waals surface area contributed by atoms with Gasteiger partial charge in [0.15, 0.2) is 11.6 Å². The van der Waals surface area contributed by atoms with Crippen LogP contribution in [0, 0.1) is 5.82 Å². The predicted molar refractivity (Wildman–Crippen MR) is 120 cm³/mol. The van der Waals surface area contributed by atoms with Crippen molar-refractivity contribution in [2.75, 3.05) is 11.9 Å². The van der Waals surface area contributed by atoms with Crippen LogP contribution in [0.25, 0.3) is 22.2 Å². The summed E-state index contributed by atoms with van der Waals surface area (Å²) in [6, 6.07) is 2.62. The van der Waals surface area contributed by atoms with Crippen LogP contribution in [-0.2, 0) is 15.1 Å². The van der Waals surface area contributed by atoms with Gasteiger partial charge in [0, 0.05) is 29.1 Å². The quantitative estimate of drug-likeness (QED) is 0.480. The van der Waals surface area contributed by atoms with E-state index in [0.29, 0.717) is 35.1 Å². The number of ether oxygens (including phenoxy) is 2. The minimum Gasteiger partial charge on any atom is -0.504 e. The molecule has 8 nitrogen and oxygen atoms in total. The fourth-order valence-corrected chi connectivity index (χ4v) is 4.56. The largest absolute Gasteiger partial charge is 0.504 e. The first kappa shape index (κ1) is 21.9. The second kappa shape index (κ2) is 7.86. The van der Waals surface area contributed by atoms with Gasteiger partial charge in [-0.3, -0.25) is 4.98 Å². The van der Waals surface area contributed by atoms with Crippen LogP contribution in [0.15, 0.2) is 36.2 Å². The second-order valence-electron chi connectivity index (χ2n) is 8.45. The molecule has 1 aromatic carbocycles. The molecule has 0 saturated carbocycles. The zero-order chi connectivity index (χ0) is 23.5. The summed E-state index contributed by atoms with van der Waals surface area (Å²) in [7, 11) is 0. The van der Waals surface area contributed by atoms with E-state index in [9.17, 15) is 14.6 Å². The maximum absolute atomic E-state index is 14.8. The molecular weight excluding hydrogens is 474 g/mol. The molecule has 3 aromatic rings. The molecule has 2 aromatic heterocycles. The number of hydrogen-bond donors (Lipinski definition) is 3. The van der Waals surface area contributed by atoms with E-state index in [4.69, 9.17) is 32.7 Å². The molecule has 0 amide bonds. The monoisotopic (exact) mass is 492 g/mol. The zero-order valence-electron chi connectivity index (χ0n) is 17.6. The molecule has 1 fully saturated rings. The lowest BCUT2D eigenvalue weighted by Gasteiger charge is -2.23. The van der Waals surface area contributed by atoms with Gasteiger partial charge in [0.2, 0.25) is 5.95 Å². The van der Waals surface area contributed by atoms with E-state index in [2.05, 4.69) is 20.3 Å². The molecular formula is C22H19Cl2FN4O4. The van der Waals surface area contributed by atoms with E-state index in [-0.39, 0.29) is 39.5 Å². The highest BCUT2D eigenvalue weighted by atomic mass is 35.5. The molecule has 0 radical (unpaired) electrons. The van der Waals surface area contributed by atoms with Gasteiger partial charge in [0.25, 0.3) is 0 Å². The summed E-state index contributed by atoms with van der Waals surface area (Å²) >= 11 is 13.0. The first-order chi connectivity index (χ1) is 15.6. The first-order valence-corrected chi connectivity index (χ1v) is 10.9. The van der Waals surface area contributed by atoms with Crippen LogP contribution in [0.2, 0.25) is 10.0 Å². The van der Waals surface area contributed by atoms with Crippen LogP contribution in [0.4, 0.5) is 10.3 Å². The Kier molecular flexibility index (Phi) is 5.23. The summed E-state index contributed by atoms with van der Waals surface area (Å²) in [5, 5.41) is 24.7. The van der Waals surface area contributed by atoms with Crippen LogP contribution >= 0.6 is 23.2 Å². The van der Waals surface area contributed by atoms with E-state index in [1.54, 1.807) is 19.9 Å². The van der Waals surface area contributed by atoms with E-state index in [1.807, 2.05) is 0 Å². The van der Waals surface area contributed by atoms with Crippen molar-refractivity contribution in [2.24, 2.45) is 0 Å². The standard InChI is InChI=1S/C22H19Cl2FN4O4/c1-22(2,31)12-6-26-18-11(16(12)24)3-9(4-13(18)23)17-14(25)7-27-21(29-17)28-15-5-10-8-32-20(33-10)19(15)30/h3-4,6-7,10,15,30-31H,5,8H2,1-2H3,(H,27,28,29)/t10-,15+/m0/s1. The van der Waals surface area contributed by atoms with Crippen LogP contribution in [0.5, 0.6) is 0 Å². The van der Waals surface area contributed by atoms with Gasteiger partial charge in [-0.2, -0.15) is 0 Å². The number of anilines is 1. The Bertz CT molecular complexity index is 1310. The molecule has 3 N–H and O–H groups in total. The number of hydrogen-bond acceptors (Lipinski definition) is 8. The summed E-state index contributed by atoms with van der Waals surface area (Å²) in [4.78, 5) is 12.6. The van der Waals surface area contributed by atoms with Crippen LogP contribution in [0.1, 0.15) is 25.8 Å². The minimum absolute atomic E-state index is 0.0144. The van der Waals surface area contributed by atoms with Gasteiger partial charge in [0.05, 0.1) is 33.4 Å². The molecule has 1 saturated heterocycles. The van der Waals surface area contributed by atoms with Crippen molar-refractivity contribution < 1.29 is 24.1 Å². The van der Waals surface area contributed by atoms with E-state index >= 15 is 0 Å². The smallest absolute Gasteiger partial charge is 0.321 e. The van der Waals surface area contributed by atoms with Crippen molar-refractivity contribution in [3.05, 3.63) is 57.7 Å². The third-order valence-corrected chi connectivity index (χ3v) is 6.25. The zero-order valence-corrected chi connectivity index (χ0v) is 19.1. The number of pyridine rings is 1. The Morgan fingerprint density at radius 3 is 2.76 bits per heavy atom.